The predicted molar refractivity (Wildman–Crippen MR) is 121 cm³/mol. The van der Waals surface area contributed by atoms with Crippen molar-refractivity contribution < 1.29 is 0 Å². The van der Waals surface area contributed by atoms with Gasteiger partial charge in [0, 0.05) is 0 Å². The third kappa shape index (κ3) is 5.96. The van der Waals surface area contributed by atoms with E-state index in [0.717, 1.165) is 5.92 Å². The van der Waals surface area contributed by atoms with E-state index < -0.39 is 0 Å². The number of aryl methyl sites for hydroxylation is 1. The first-order valence-electron chi connectivity index (χ1n) is 11.5. The molecule has 1 unspecified atom stereocenters. The Balaban J connectivity index is 1.61. The summed E-state index contributed by atoms with van der Waals surface area (Å²) >= 11 is 0. The first-order chi connectivity index (χ1) is 13.3. The fraction of sp³-hybridized carbons (Fsp3) is 0.556. The van der Waals surface area contributed by atoms with Crippen LogP contribution >= 0.6 is 0 Å². The zero-order valence-electron chi connectivity index (χ0n) is 17.6. The molecule has 27 heavy (non-hydrogen) atoms. The average Bonchev–Trinajstić information content (AvgIpc) is 2.71. The molecule has 2 aromatic carbocycles. The molecular weight excluding hydrogens is 324 g/mol. The summed E-state index contributed by atoms with van der Waals surface area (Å²) in [5.41, 5.74) is 4.52. The second kappa shape index (κ2) is 10.7. The normalized spacial score (nSPS) is 17.3. The Morgan fingerprint density at radius 3 is 2.37 bits per heavy atom. The van der Waals surface area contributed by atoms with Crippen LogP contribution in [-0.2, 0) is 6.42 Å². The minimum absolute atomic E-state index is 0.927. The van der Waals surface area contributed by atoms with E-state index >= 15 is 0 Å². The largest absolute Gasteiger partial charge is 0.0804 e. The second-order valence-electron chi connectivity index (χ2n) is 8.57. The third-order valence-corrected chi connectivity index (χ3v) is 6.33. The molecule has 146 valence electrons. The smallest absolute Gasteiger partial charge is 0.0178 e. The molecule has 0 N–H and O–H groups in total. The Morgan fingerprint density at radius 1 is 0.815 bits per heavy atom. The highest BCUT2D eigenvalue weighted by atomic mass is 14.2. The van der Waals surface area contributed by atoms with Crippen LogP contribution in [0.5, 0.6) is 0 Å². The minimum Gasteiger partial charge on any atom is -0.0804 e. The van der Waals surface area contributed by atoms with Gasteiger partial charge in [-0.1, -0.05) is 95.2 Å². The Kier molecular flexibility index (Phi) is 7.99. The summed E-state index contributed by atoms with van der Waals surface area (Å²) in [5.74, 6) is 0.927. The lowest BCUT2D eigenvalue weighted by Crippen LogP contribution is -2.05. The quantitative estimate of drug-likeness (QED) is 0.371. The predicted octanol–water partition coefficient (Wildman–Crippen LogP) is 8.73. The number of hydrogen-bond acceptors (Lipinski definition) is 0. The van der Waals surface area contributed by atoms with Crippen molar-refractivity contribution in [3.8, 4) is 0 Å². The van der Waals surface area contributed by atoms with Crippen molar-refractivity contribution in [3.63, 3.8) is 0 Å². The highest BCUT2D eigenvalue weighted by Gasteiger charge is 2.15. The van der Waals surface area contributed by atoms with Crippen molar-refractivity contribution in [2.75, 3.05) is 0 Å². The molecule has 0 saturated carbocycles. The van der Waals surface area contributed by atoms with Crippen LogP contribution in [-0.4, -0.2) is 0 Å². The number of rotatable bonds is 10. The molecule has 0 bridgehead atoms. The Bertz CT molecular complexity index is 737. The molecular formula is C27H38. The molecule has 0 amide bonds. The molecule has 0 aliphatic heterocycles. The van der Waals surface area contributed by atoms with E-state index in [4.69, 9.17) is 0 Å². The summed E-state index contributed by atoms with van der Waals surface area (Å²) in [6.07, 6.45) is 18.6. The summed E-state index contributed by atoms with van der Waals surface area (Å²) in [6.45, 7) is 4.58. The maximum absolute atomic E-state index is 2.53. The van der Waals surface area contributed by atoms with Crippen molar-refractivity contribution >= 4 is 16.3 Å². The molecule has 0 spiro atoms. The number of benzene rings is 2. The monoisotopic (exact) mass is 362 g/mol. The summed E-state index contributed by atoms with van der Waals surface area (Å²) in [6, 6.07) is 14.2. The SMILES string of the molecule is CCCCCCc1ccc2cc(C3=CCC(CCCCC)CC3)ccc2c1. The van der Waals surface area contributed by atoms with Gasteiger partial charge in [-0.15, -0.1) is 0 Å². The van der Waals surface area contributed by atoms with Crippen LogP contribution in [0.3, 0.4) is 0 Å². The standard InChI is InChI=1S/C27H38/c1-3-5-7-9-11-23-14-17-27-21-26(19-18-25(27)20-23)24-15-12-22(13-16-24)10-8-6-4-2/h14-15,17-22H,3-13,16H2,1-2H3. The van der Waals surface area contributed by atoms with Gasteiger partial charge in [0.15, 0.2) is 0 Å². The fourth-order valence-electron chi connectivity index (χ4n) is 4.50. The zero-order valence-corrected chi connectivity index (χ0v) is 17.6. The van der Waals surface area contributed by atoms with Crippen LogP contribution < -0.4 is 0 Å². The van der Waals surface area contributed by atoms with Crippen LogP contribution in [0.4, 0.5) is 0 Å². The first-order valence-corrected chi connectivity index (χ1v) is 11.5. The van der Waals surface area contributed by atoms with Gasteiger partial charge in [0.25, 0.3) is 0 Å². The molecule has 0 nitrogen and oxygen atoms in total. The van der Waals surface area contributed by atoms with Crippen molar-refractivity contribution in [1.82, 2.24) is 0 Å². The molecule has 1 aliphatic rings. The van der Waals surface area contributed by atoms with Crippen molar-refractivity contribution in [3.05, 3.63) is 53.6 Å². The Morgan fingerprint density at radius 2 is 1.59 bits per heavy atom. The Labute approximate surface area is 167 Å². The Hall–Kier alpha value is -1.56. The summed E-state index contributed by atoms with van der Waals surface area (Å²) in [5, 5.41) is 2.80. The van der Waals surface area contributed by atoms with Gasteiger partial charge in [0.1, 0.15) is 0 Å². The first kappa shape index (κ1) is 20.2. The molecule has 3 rings (SSSR count). The van der Waals surface area contributed by atoms with Gasteiger partial charge in [-0.2, -0.15) is 0 Å². The maximum atomic E-state index is 2.53. The summed E-state index contributed by atoms with van der Waals surface area (Å²) < 4.78 is 0. The molecule has 0 radical (unpaired) electrons. The van der Waals surface area contributed by atoms with Crippen molar-refractivity contribution in [1.29, 1.82) is 0 Å². The number of unbranched alkanes of at least 4 members (excludes halogenated alkanes) is 5. The minimum atomic E-state index is 0.927. The topological polar surface area (TPSA) is 0 Å². The van der Waals surface area contributed by atoms with Crippen LogP contribution in [0, 0.1) is 5.92 Å². The molecule has 1 atom stereocenters. The van der Waals surface area contributed by atoms with E-state index in [1.54, 1.807) is 5.57 Å². The number of allylic oxidation sites excluding steroid dienone is 2. The van der Waals surface area contributed by atoms with E-state index in [1.165, 1.54) is 98.9 Å². The van der Waals surface area contributed by atoms with Gasteiger partial charge >= 0.3 is 0 Å². The van der Waals surface area contributed by atoms with Crippen LogP contribution in [0.15, 0.2) is 42.5 Å². The highest BCUT2D eigenvalue weighted by Crippen LogP contribution is 2.34. The molecule has 0 fully saturated rings. The van der Waals surface area contributed by atoms with Crippen molar-refractivity contribution in [2.24, 2.45) is 5.92 Å². The van der Waals surface area contributed by atoms with Gasteiger partial charge in [-0.3, -0.25) is 0 Å². The lowest BCUT2D eigenvalue weighted by molar-refractivity contribution is 0.428. The van der Waals surface area contributed by atoms with Gasteiger partial charge in [-0.05, 0) is 71.6 Å². The van der Waals surface area contributed by atoms with Gasteiger partial charge < -0.3 is 0 Å². The highest BCUT2D eigenvalue weighted by molar-refractivity contribution is 5.87. The summed E-state index contributed by atoms with van der Waals surface area (Å²) in [4.78, 5) is 0. The van der Waals surface area contributed by atoms with Crippen LogP contribution in [0.25, 0.3) is 16.3 Å². The molecule has 0 aromatic heterocycles. The molecule has 0 heteroatoms. The second-order valence-corrected chi connectivity index (χ2v) is 8.57. The van der Waals surface area contributed by atoms with Crippen LogP contribution in [0.2, 0.25) is 0 Å². The van der Waals surface area contributed by atoms with Crippen LogP contribution in [0.1, 0.15) is 95.6 Å². The zero-order chi connectivity index (χ0) is 18.9. The third-order valence-electron chi connectivity index (χ3n) is 6.33. The fourth-order valence-corrected chi connectivity index (χ4v) is 4.50. The lowest BCUT2D eigenvalue weighted by atomic mass is 9.83. The van der Waals surface area contributed by atoms with E-state index in [2.05, 4.69) is 56.3 Å². The van der Waals surface area contributed by atoms with E-state index in [1.807, 2.05) is 0 Å². The van der Waals surface area contributed by atoms with E-state index in [9.17, 15) is 0 Å². The molecule has 0 saturated heterocycles. The van der Waals surface area contributed by atoms with E-state index in [-0.39, 0.29) is 0 Å². The number of hydrogen-bond donors (Lipinski definition) is 0. The van der Waals surface area contributed by atoms with E-state index in [0.29, 0.717) is 0 Å². The molecule has 1 aliphatic carbocycles. The van der Waals surface area contributed by atoms with Crippen molar-refractivity contribution in [2.45, 2.75) is 90.9 Å². The summed E-state index contributed by atoms with van der Waals surface area (Å²) in [7, 11) is 0. The maximum Gasteiger partial charge on any atom is -0.0178 e. The average molecular weight is 363 g/mol. The molecule has 0 heterocycles. The molecule has 2 aromatic rings. The lowest BCUT2D eigenvalue weighted by Gasteiger charge is -2.22. The number of fused-ring (bicyclic) bond motifs is 1. The van der Waals surface area contributed by atoms with Gasteiger partial charge in [-0.25, -0.2) is 0 Å². The van der Waals surface area contributed by atoms with Gasteiger partial charge in [0.2, 0.25) is 0 Å². The van der Waals surface area contributed by atoms with Gasteiger partial charge in [0.05, 0.1) is 0 Å².